The predicted octanol–water partition coefficient (Wildman–Crippen LogP) is 2.08. The molecule has 0 radical (unpaired) electrons. The van der Waals surface area contributed by atoms with Crippen LogP contribution in [0.4, 0.5) is 10.1 Å². The van der Waals surface area contributed by atoms with Crippen LogP contribution in [0.1, 0.15) is 25.0 Å². The highest BCUT2D eigenvalue weighted by molar-refractivity contribution is 7.89. The van der Waals surface area contributed by atoms with E-state index in [9.17, 15) is 22.4 Å². The Morgan fingerprint density at radius 2 is 1.75 bits per heavy atom. The maximum absolute atomic E-state index is 13.3. The van der Waals surface area contributed by atoms with Crippen LogP contribution >= 0.6 is 0 Å². The zero-order chi connectivity index (χ0) is 20.9. The number of nitrogens with one attached hydrogen (secondary N) is 3. The highest BCUT2D eigenvalue weighted by Crippen LogP contribution is 2.14. The maximum Gasteiger partial charge on any atom is 0.241 e. The van der Waals surface area contributed by atoms with Gasteiger partial charge in [0.15, 0.2) is 0 Å². The van der Waals surface area contributed by atoms with Crippen molar-refractivity contribution in [3.63, 3.8) is 0 Å². The number of halogens is 1. The number of carbonyl (C=O) groups excluding carboxylic acids is 2. The third-order valence-electron chi connectivity index (χ3n) is 3.90. The van der Waals surface area contributed by atoms with E-state index in [1.165, 1.54) is 44.2 Å². The molecule has 3 N–H and O–H groups in total. The molecule has 0 fully saturated rings. The lowest BCUT2D eigenvalue weighted by atomic mass is 10.1. The number of aryl methyl sites for hydroxylation is 1. The fourth-order valence-electron chi connectivity index (χ4n) is 2.43. The van der Waals surface area contributed by atoms with E-state index in [1.807, 2.05) is 0 Å². The Morgan fingerprint density at radius 1 is 1.11 bits per heavy atom. The first-order valence-electron chi connectivity index (χ1n) is 8.51. The van der Waals surface area contributed by atoms with Crippen LogP contribution in [0.3, 0.4) is 0 Å². The molecule has 0 aromatic heterocycles. The summed E-state index contributed by atoms with van der Waals surface area (Å²) in [7, 11) is -3.92. The van der Waals surface area contributed by atoms with E-state index in [4.69, 9.17) is 0 Å². The van der Waals surface area contributed by atoms with Crippen LogP contribution in [-0.4, -0.2) is 26.3 Å². The van der Waals surface area contributed by atoms with Crippen LogP contribution in [0.5, 0.6) is 0 Å². The fraction of sp³-hybridized carbons (Fsp3) is 0.263. The Bertz CT molecular complexity index is 975. The summed E-state index contributed by atoms with van der Waals surface area (Å²) in [6, 6.07) is 9.04. The fourth-order valence-corrected chi connectivity index (χ4v) is 3.64. The van der Waals surface area contributed by atoms with E-state index in [1.54, 1.807) is 19.1 Å². The van der Waals surface area contributed by atoms with Crippen molar-refractivity contribution in [2.45, 2.75) is 38.3 Å². The summed E-state index contributed by atoms with van der Waals surface area (Å²) >= 11 is 0. The Labute approximate surface area is 163 Å². The summed E-state index contributed by atoms with van der Waals surface area (Å²) < 4.78 is 40.4. The number of sulfonamides is 1. The minimum atomic E-state index is -3.92. The molecule has 2 rings (SSSR count). The molecule has 9 heteroatoms. The second-order valence-electron chi connectivity index (χ2n) is 6.35. The summed E-state index contributed by atoms with van der Waals surface area (Å²) in [5.74, 6) is -1.11. The quantitative estimate of drug-likeness (QED) is 0.654. The lowest BCUT2D eigenvalue weighted by Gasteiger charge is -2.15. The minimum absolute atomic E-state index is 0.0320. The highest BCUT2D eigenvalue weighted by Gasteiger charge is 2.22. The lowest BCUT2D eigenvalue weighted by Crippen LogP contribution is -2.44. The Kier molecular flexibility index (Phi) is 6.87. The van der Waals surface area contributed by atoms with Gasteiger partial charge in [-0.15, -0.1) is 0 Å². The second-order valence-corrected chi connectivity index (χ2v) is 8.06. The van der Waals surface area contributed by atoms with E-state index in [-0.39, 0.29) is 23.2 Å². The summed E-state index contributed by atoms with van der Waals surface area (Å²) in [6.07, 6.45) is 0. The largest absolute Gasteiger partial charge is 0.351 e. The van der Waals surface area contributed by atoms with E-state index in [0.717, 1.165) is 0 Å². The van der Waals surface area contributed by atoms with Crippen LogP contribution in [0.15, 0.2) is 47.4 Å². The molecule has 0 unspecified atom stereocenters. The van der Waals surface area contributed by atoms with Crippen LogP contribution in [0.2, 0.25) is 0 Å². The number of hydrogen-bond acceptors (Lipinski definition) is 4. The van der Waals surface area contributed by atoms with Crippen molar-refractivity contribution in [1.29, 1.82) is 0 Å². The van der Waals surface area contributed by atoms with Gasteiger partial charge in [0.25, 0.3) is 0 Å². The van der Waals surface area contributed by atoms with Crippen molar-refractivity contribution in [1.82, 2.24) is 10.0 Å². The van der Waals surface area contributed by atoms with Gasteiger partial charge in [-0.25, -0.2) is 12.8 Å². The molecule has 0 saturated heterocycles. The third kappa shape index (κ3) is 5.86. The van der Waals surface area contributed by atoms with Crippen LogP contribution in [0, 0.1) is 12.7 Å². The van der Waals surface area contributed by atoms with Crippen molar-refractivity contribution in [3.05, 3.63) is 59.4 Å². The van der Waals surface area contributed by atoms with Gasteiger partial charge in [-0.2, -0.15) is 4.72 Å². The zero-order valence-corrected chi connectivity index (χ0v) is 16.6. The average molecular weight is 407 g/mol. The number of carbonyl (C=O) groups is 2. The van der Waals surface area contributed by atoms with Crippen molar-refractivity contribution in [2.24, 2.45) is 0 Å². The first kappa shape index (κ1) is 21.5. The van der Waals surface area contributed by atoms with Crippen molar-refractivity contribution in [3.8, 4) is 0 Å². The summed E-state index contributed by atoms with van der Waals surface area (Å²) in [4.78, 5) is 23.2. The first-order chi connectivity index (χ1) is 13.1. The van der Waals surface area contributed by atoms with Crippen LogP contribution in [-0.2, 0) is 26.2 Å². The van der Waals surface area contributed by atoms with Gasteiger partial charge in [0.1, 0.15) is 5.82 Å². The predicted molar refractivity (Wildman–Crippen MR) is 104 cm³/mol. The molecule has 0 saturated carbocycles. The molecule has 0 aliphatic heterocycles. The van der Waals surface area contributed by atoms with Crippen LogP contribution in [0.25, 0.3) is 0 Å². The molecular weight excluding hydrogens is 385 g/mol. The smallest absolute Gasteiger partial charge is 0.241 e. The van der Waals surface area contributed by atoms with Crippen molar-refractivity contribution in [2.75, 3.05) is 5.32 Å². The van der Waals surface area contributed by atoms with Gasteiger partial charge in [-0.05, 0) is 55.3 Å². The average Bonchev–Trinajstić information content (AvgIpc) is 2.62. The maximum atomic E-state index is 13.3. The number of benzene rings is 2. The molecule has 2 amide bonds. The zero-order valence-electron chi connectivity index (χ0n) is 15.7. The normalized spacial score (nSPS) is 12.3. The topological polar surface area (TPSA) is 104 Å². The molecule has 0 spiro atoms. The molecule has 0 aliphatic rings. The van der Waals surface area contributed by atoms with E-state index >= 15 is 0 Å². The molecule has 28 heavy (non-hydrogen) atoms. The molecule has 2 aromatic rings. The number of hydrogen-bond donors (Lipinski definition) is 3. The molecule has 7 nitrogen and oxygen atoms in total. The number of amides is 2. The van der Waals surface area contributed by atoms with Gasteiger partial charge in [0.2, 0.25) is 21.8 Å². The SMILES string of the molecule is CC(=O)Nc1ccc(S(=O)(=O)N[C@H](C)C(=O)NCc2ccc(F)c(C)c2)cc1. The Balaban J connectivity index is 1.97. The molecule has 150 valence electrons. The Morgan fingerprint density at radius 3 is 2.32 bits per heavy atom. The highest BCUT2D eigenvalue weighted by atomic mass is 32.2. The van der Waals surface area contributed by atoms with Gasteiger partial charge in [-0.3, -0.25) is 9.59 Å². The first-order valence-corrected chi connectivity index (χ1v) is 9.99. The number of rotatable bonds is 7. The van der Waals surface area contributed by atoms with E-state index in [2.05, 4.69) is 15.4 Å². The monoisotopic (exact) mass is 407 g/mol. The van der Waals surface area contributed by atoms with Crippen LogP contribution < -0.4 is 15.4 Å². The summed E-state index contributed by atoms with van der Waals surface area (Å²) in [5.41, 5.74) is 1.63. The van der Waals surface area contributed by atoms with Gasteiger partial charge >= 0.3 is 0 Å². The van der Waals surface area contributed by atoms with Crippen molar-refractivity contribution < 1.29 is 22.4 Å². The van der Waals surface area contributed by atoms with Gasteiger partial charge < -0.3 is 10.6 Å². The van der Waals surface area contributed by atoms with E-state index < -0.39 is 22.0 Å². The van der Waals surface area contributed by atoms with Gasteiger partial charge in [-0.1, -0.05) is 12.1 Å². The molecule has 0 aliphatic carbocycles. The molecule has 2 aromatic carbocycles. The molecule has 0 heterocycles. The molecule has 1 atom stereocenters. The lowest BCUT2D eigenvalue weighted by molar-refractivity contribution is -0.122. The standard InChI is InChI=1S/C19H22FN3O4S/c1-12-10-15(4-9-18(12)20)11-21-19(25)13(2)23-28(26,27)17-7-5-16(6-8-17)22-14(3)24/h4-10,13,23H,11H2,1-3H3,(H,21,25)(H,22,24)/t13-/m1/s1. The number of anilines is 1. The second kappa shape index (κ2) is 8.94. The Hall–Kier alpha value is -2.78. The summed E-state index contributed by atoms with van der Waals surface area (Å²) in [6.45, 7) is 4.54. The minimum Gasteiger partial charge on any atom is -0.351 e. The van der Waals surface area contributed by atoms with Crippen molar-refractivity contribution >= 4 is 27.5 Å². The summed E-state index contributed by atoms with van der Waals surface area (Å²) in [5, 5.41) is 5.15. The van der Waals surface area contributed by atoms with Gasteiger partial charge in [0, 0.05) is 19.2 Å². The molecular formula is C19H22FN3O4S. The van der Waals surface area contributed by atoms with E-state index in [0.29, 0.717) is 16.8 Å². The molecule has 0 bridgehead atoms. The third-order valence-corrected chi connectivity index (χ3v) is 5.46. The van der Waals surface area contributed by atoms with Gasteiger partial charge in [0.05, 0.1) is 10.9 Å².